The normalized spacial score (nSPS) is 13.4. The summed E-state index contributed by atoms with van der Waals surface area (Å²) in [7, 11) is 0. The van der Waals surface area contributed by atoms with Crippen LogP contribution in [-0.2, 0) is 14.3 Å². The molecule has 0 atom stereocenters. The molecule has 2 aromatic rings. The summed E-state index contributed by atoms with van der Waals surface area (Å²) in [6.07, 6.45) is 4.12. The maximum Gasteiger partial charge on any atom is 0.344 e. The first kappa shape index (κ1) is 22.3. The molecule has 1 N–H and O–H groups in total. The van der Waals surface area contributed by atoms with Crippen LogP contribution in [0.3, 0.4) is 0 Å². The third kappa shape index (κ3) is 6.84. The van der Waals surface area contributed by atoms with Crippen LogP contribution in [0.5, 0.6) is 5.75 Å². The molecule has 0 bridgehead atoms. The van der Waals surface area contributed by atoms with Gasteiger partial charge in [0.25, 0.3) is 5.91 Å². The second kappa shape index (κ2) is 11.2. The number of hydrogen-bond acceptors (Lipinski definition) is 6. The van der Waals surface area contributed by atoms with E-state index in [-0.39, 0.29) is 19.0 Å². The molecule has 0 unspecified atom stereocenters. The monoisotopic (exact) mass is 424 g/mol. The number of nitrogens with one attached hydrogen (secondary N) is 1. The van der Waals surface area contributed by atoms with Crippen molar-refractivity contribution in [3.05, 3.63) is 54.1 Å². The van der Waals surface area contributed by atoms with Crippen molar-refractivity contribution >= 4 is 29.0 Å². The van der Waals surface area contributed by atoms with Crippen LogP contribution in [0.15, 0.2) is 48.5 Å². The fourth-order valence-electron chi connectivity index (χ4n) is 3.38. The number of esters is 1. The third-order valence-corrected chi connectivity index (χ3v) is 5.09. The third-order valence-electron chi connectivity index (χ3n) is 5.09. The van der Waals surface area contributed by atoms with Crippen molar-refractivity contribution in [3.63, 3.8) is 0 Å². The van der Waals surface area contributed by atoms with Gasteiger partial charge in [-0.3, -0.25) is 9.59 Å². The van der Waals surface area contributed by atoms with E-state index in [1.54, 1.807) is 31.2 Å². The van der Waals surface area contributed by atoms with Crippen LogP contribution >= 0.6 is 0 Å². The number of amides is 1. The van der Waals surface area contributed by atoms with Gasteiger partial charge in [-0.2, -0.15) is 0 Å². The number of Topliss-reactive ketones (excluding diaryl/α,β-unsaturated/α-hetero) is 1. The largest absolute Gasteiger partial charge is 0.482 e. The maximum absolute atomic E-state index is 12.0. The summed E-state index contributed by atoms with van der Waals surface area (Å²) >= 11 is 0. The minimum atomic E-state index is -0.649. The Bertz CT molecular complexity index is 887. The van der Waals surface area contributed by atoms with Gasteiger partial charge in [-0.05, 0) is 67.8 Å². The Kier molecular flexibility index (Phi) is 8.04. The molecule has 0 aliphatic carbocycles. The van der Waals surface area contributed by atoms with Gasteiger partial charge in [-0.25, -0.2) is 4.79 Å². The van der Waals surface area contributed by atoms with E-state index in [1.165, 1.54) is 19.3 Å². The van der Waals surface area contributed by atoms with E-state index in [9.17, 15) is 14.4 Å². The van der Waals surface area contributed by atoms with Crippen molar-refractivity contribution < 1.29 is 23.9 Å². The predicted molar refractivity (Wildman–Crippen MR) is 119 cm³/mol. The molecule has 1 fully saturated rings. The van der Waals surface area contributed by atoms with Gasteiger partial charge in [0.15, 0.2) is 19.0 Å². The molecule has 2 aromatic carbocycles. The SMILES string of the molecule is CCC(=O)c1ccc(OCC(=O)OCC(=O)Nc2ccc(N3CCCCC3)cc2)cc1. The van der Waals surface area contributed by atoms with Gasteiger partial charge in [0.05, 0.1) is 0 Å². The summed E-state index contributed by atoms with van der Waals surface area (Å²) in [5, 5.41) is 2.72. The minimum absolute atomic E-state index is 0.0399. The summed E-state index contributed by atoms with van der Waals surface area (Å²) in [5.41, 5.74) is 2.39. The van der Waals surface area contributed by atoms with Crippen molar-refractivity contribution in [2.45, 2.75) is 32.6 Å². The van der Waals surface area contributed by atoms with Crippen LogP contribution in [-0.4, -0.2) is 44.0 Å². The number of rotatable bonds is 9. The zero-order valence-corrected chi connectivity index (χ0v) is 17.8. The standard InChI is InChI=1S/C24H28N2O5/c1-2-22(27)18-6-12-21(13-7-18)30-17-24(29)31-16-23(28)25-19-8-10-20(11-9-19)26-14-4-3-5-15-26/h6-13H,2-5,14-17H2,1H3,(H,25,28). The Morgan fingerprint density at radius 2 is 1.58 bits per heavy atom. The van der Waals surface area contributed by atoms with Gasteiger partial charge >= 0.3 is 5.97 Å². The average molecular weight is 424 g/mol. The number of carbonyl (C=O) groups excluding carboxylic acids is 3. The Morgan fingerprint density at radius 3 is 2.23 bits per heavy atom. The highest BCUT2D eigenvalue weighted by atomic mass is 16.6. The molecule has 7 nitrogen and oxygen atoms in total. The highest BCUT2D eigenvalue weighted by Crippen LogP contribution is 2.21. The van der Waals surface area contributed by atoms with Crippen LogP contribution in [0, 0.1) is 0 Å². The predicted octanol–water partition coefficient (Wildman–Crippen LogP) is 3.83. The van der Waals surface area contributed by atoms with E-state index in [0.717, 1.165) is 18.8 Å². The molecule has 0 spiro atoms. The summed E-state index contributed by atoms with van der Waals surface area (Å²) in [6.45, 7) is 3.21. The van der Waals surface area contributed by atoms with E-state index in [2.05, 4.69) is 10.2 Å². The maximum atomic E-state index is 12.0. The number of hydrogen-bond donors (Lipinski definition) is 1. The fourth-order valence-corrected chi connectivity index (χ4v) is 3.38. The lowest BCUT2D eigenvalue weighted by atomic mass is 10.1. The number of anilines is 2. The number of carbonyl (C=O) groups is 3. The zero-order chi connectivity index (χ0) is 22.1. The molecular weight excluding hydrogens is 396 g/mol. The van der Waals surface area contributed by atoms with E-state index >= 15 is 0 Å². The lowest BCUT2D eigenvalue weighted by Crippen LogP contribution is -2.29. The van der Waals surface area contributed by atoms with Crippen LogP contribution < -0.4 is 15.0 Å². The first-order valence-electron chi connectivity index (χ1n) is 10.6. The summed E-state index contributed by atoms with van der Waals surface area (Å²) < 4.78 is 10.3. The minimum Gasteiger partial charge on any atom is -0.482 e. The summed E-state index contributed by atoms with van der Waals surface area (Å²) in [4.78, 5) is 37.8. The number of ketones is 1. The number of nitrogens with zero attached hydrogens (tertiary/aromatic N) is 1. The first-order valence-corrected chi connectivity index (χ1v) is 10.6. The molecule has 31 heavy (non-hydrogen) atoms. The van der Waals surface area contributed by atoms with Crippen molar-refractivity contribution in [2.24, 2.45) is 0 Å². The van der Waals surface area contributed by atoms with Crippen molar-refractivity contribution in [2.75, 3.05) is 36.5 Å². The Hall–Kier alpha value is -3.35. The van der Waals surface area contributed by atoms with Gasteiger partial charge in [0, 0.05) is 36.4 Å². The molecule has 164 valence electrons. The topological polar surface area (TPSA) is 84.9 Å². The second-order valence-electron chi connectivity index (χ2n) is 7.39. The molecule has 1 aliphatic rings. The summed E-state index contributed by atoms with van der Waals surface area (Å²) in [6, 6.07) is 14.2. The lowest BCUT2D eigenvalue weighted by molar-refractivity contribution is -0.149. The van der Waals surface area contributed by atoms with Crippen molar-refractivity contribution in [1.82, 2.24) is 0 Å². The molecule has 0 radical (unpaired) electrons. The molecule has 1 saturated heterocycles. The van der Waals surface area contributed by atoms with Gasteiger partial charge in [0.2, 0.25) is 0 Å². The highest BCUT2D eigenvalue weighted by molar-refractivity contribution is 5.96. The van der Waals surface area contributed by atoms with Gasteiger partial charge < -0.3 is 19.7 Å². The molecule has 0 aromatic heterocycles. The van der Waals surface area contributed by atoms with E-state index in [4.69, 9.17) is 9.47 Å². The van der Waals surface area contributed by atoms with Crippen LogP contribution in [0.25, 0.3) is 0 Å². The number of ether oxygens (including phenoxy) is 2. The van der Waals surface area contributed by atoms with E-state index in [0.29, 0.717) is 23.4 Å². The average Bonchev–Trinajstić information content (AvgIpc) is 2.82. The van der Waals surface area contributed by atoms with E-state index in [1.807, 2.05) is 24.3 Å². The fraction of sp³-hybridized carbons (Fsp3) is 0.375. The zero-order valence-electron chi connectivity index (χ0n) is 17.8. The van der Waals surface area contributed by atoms with Gasteiger partial charge in [-0.15, -0.1) is 0 Å². The Labute approximate surface area is 182 Å². The molecule has 1 aliphatic heterocycles. The smallest absolute Gasteiger partial charge is 0.344 e. The van der Waals surface area contributed by atoms with Gasteiger partial charge in [0.1, 0.15) is 5.75 Å². The molecule has 0 saturated carbocycles. The molecular formula is C24H28N2O5. The summed E-state index contributed by atoms with van der Waals surface area (Å²) in [5.74, 6) is -0.577. The van der Waals surface area contributed by atoms with E-state index < -0.39 is 11.9 Å². The second-order valence-corrected chi connectivity index (χ2v) is 7.39. The molecule has 3 rings (SSSR count). The molecule has 7 heteroatoms. The highest BCUT2D eigenvalue weighted by Gasteiger charge is 2.12. The van der Waals surface area contributed by atoms with Crippen LogP contribution in [0.4, 0.5) is 11.4 Å². The van der Waals surface area contributed by atoms with Crippen molar-refractivity contribution in [3.8, 4) is 5.75 Å². The quantitative estimate of drug-likeness (QED) is 0.486. The van der Waals surface area contributed by atoms with Crippen molar-refractivity contribution in [1.29, 1.82) is 0 Å². The molecule has 1 amide bonds. The number of piperidine rings is 1. The van der Waals surface area contributed by atoms with Gasteiger partial charge in [-0.1, -0.05) is 6.92 Å². The first-order chi connectivity index (χ1) is 15.0. The Morgan fingerprint density at radius 1 is 0.903 bits per heavy atom. The lowest BCUT2D eigenvalue weighted by Gasteiger charge is -2.28. The molecule has 1 heterocycles. The van der Waals surface area contributed by atoms with Crippen LogP contribution in [0.2, 0.25) is 0 Å². The number of benzene rings is 2. The van der Waals surface area contributed by atoms with Crippen LogP contribution in [0.1, 0.15) is 43.0 Å². The Balaban J connectivity index is 1.38.